The molecule has 8 aromatic carbocycles. The summed E-state index contributed by atoms with van der Waals surface area (Å²) in [5, 5.41) is 4.03. The molecule has 0 bridgehead atoms. The maximum absolute atomic E-state index is 14.8. The largest absolute Gasteiger partial charge is 0.416 e. The van der Waals surface area contributed by atoms with Crippen LogP contribution in [0.4, 0.5) is 18.9 Å². The summed E-state index contributed by atoms with van der Waals surface area (Å²) in [7, 11) is 0. The molecule has 11 rings (SSSR count). The number of nitrogens with zero attached hydrogens (tertiary/aromatic N) is 6. The minimum absolute atomic E-state index is 0.0666. The van der Waals surface area contributed by atoms with Gasteiger partial charge in [0.05, 0.1) is 45.6 Å². The van der Waals surface area contributed by atoms with Crippen LogP contribution in [0.2, 0.25) is 0 Å². The minimum atomic E-state index is -4.65. The van der Waals surface area contributed by atoms with E-state index in [1.165, 1.54) is 6.07 Å². The molecule has 3 aromatic heterocycles. The maximum atomic E-state index is 14.8. The Labute approximate surface area is 353 Å². The molecule has 0 aliphatic heterocycles. The topological polar surface area (TPSA) is 52.9 Å². The molecular formula is C53H31F3N6. The first-order chi connectivity index (χ1) is 30.4. The highest BCUT2D eigenvalue weighted by Crippen LogP contribution is 2.42. The van der Waals surface area contributed by atoms with E-state index in [4.69, 9.17) is 21.5 Å². The fraction of sp³-hybridized carbons (Fsp3) is 0.0189. The summed E-state index contributed by atoms with van der Waals surface area (Å²) in [6.45, 7) is 7.98. The number of alkyl halides is 3. The van der Waals surface area contributed by atoms with Gasteiger partial charge in [-0.15, -0.1) is 0 Å². The van der Waals surface area contributed by atoms with Crippen LogP contribution in [0.1, 0.15) is 5.56 Å². The van der Waals surface area contributed by atoms with Crippen LogP contribution in [-0.2, 0) is 6.18 Å². The van der Waals surface area contributed by atoms with Gasteiger partial charge < -0.3 is 9.13 Å². The van der Waals surface area contributed by atoms with Gasteiger partial charge in [-0.2, -0.15) is 13.2 Å². The third-order valence-corrected chi connectivity index (χ3v) is 11.4. The van der Waals surface area contributed by atoms with Crippen molar-refractivity contribution in [3.05, 3.63) is 205 Å². The van der Waals surface area contributed by atoms with Gasteiger partial charge in [-0.3, -0.25) is 0 Å². The molecule has 0 aliphatic carbocycles. The molecule has 0 amide bonds. The van der Waals surface area contributed by atoms with Crippen molar-refractivity contribution in [2.24, 2.45) is 0 Å². The van der Waals surface area contributed by atoms with Crippen LogP contribution in [0, 0.1) is 6.57 Å². The fourth-order valence-corrected chi connectivity index (χ4v) is 8.68. The molecule has 62 heavy (non-hydrogen) atoms. The zero-order valence-electron chi connectivity index (χ0n) is 32.7. The predicted octanol–water partition coefficient (Wildman–Crippen LogP) is 14.3. The molecule has 0 saturated heterocycles. The standard InChI is InChI=1S/C53H31F3N6/c1-57-43-22-10-5-17-36(43)34-27-29-48(61-44-23-11-6-18-37(44)38-19-7-12-24-45(38)61)41(31-34)51-58-50(33-15-3-2-4-16-33)59-52(60-51)42-32-35(53(54,55)56)28-30-49(42)62-46-25-13-8-20-39(46)40-21-9-14-26-47(40)62/h2-32H. The third kappa shape index (κ3) is 6.00. The molecule has 6 nitrogen and oxygen atoms in total. The van der Waals surface area contributed by atoms with Gasteiger partial charge in [0.2, 0.25) is 0 Å². The summed E-state index contributed by atoms with van der Waals surface area (Å²) in [6.07, 6.45) is -4.65. The van der Waals surface area contributed by atoms with Gasteiger partial charge in [0, 0.05) is 38.2 Å². The molecular weight excluding hydrogens is 778 g/mol. The van der Waals surface area contributed by atoms with Gasteiger partial charge >= 0.3 is 6.18 Å². The summed E-state index contributed by atoms with van der Waals surface area (Å²) < 4.78 is 48.6. The normalized spacial score (nSPS) is 11.8. The number of benzene rings is 8. The van der Waals surface area contributed by atoms with E-state index in [9.17, 15) is 13.2 Å². The van der Waals surface area contributed by atoms with Crippen molar-refractivity contribution in [2.75, 3.05) is 0 Å². The van der Waals surface area contributed by atoms with Crippen LogP contribution >= 0.6 is 0 Å². The van der Waals surface area contributed by atoms with Gasteiger partial charge in [-0.1, -0.05) is 133 Å². The summed E-state index contributed by atoms with van der Waals surface area (Å²) in [6, 6.07) is 58.6. The zero-order valence-corrected chi connectivity index (χ0v) is 32.7. The molecule has 0 saturated carbocycles. The molecule has 0 atom stereocenters. The van der Waals surface area contributed by atoms with E-state index in [1.54, 1.807) is 6.07 Å². The Morgan fingerprint density at radius 3 is 1.35 bits per heavy atom. The first kappa shape index (κ1) is 36.7. The SMILES string of the molecule is [C-]#[N+]c1ccccc1-c1ccc(-n2c3ccccc3c3ccccc32)c(-c2nc(-c3ccccc3)nc(-c3cc(C(F)(F)F)ccc3-n3c4ccccc4c4ccccc43)n2)c1. The first-order valence-electron chi connectivity index (χ1n) is 20.0. The summed E-state index contributed by atoms with van der Waals surface area (Å²) >= 11 is 0. The van der Waals surface area contributed by atoms with Gasteiger partial charge in [-0.25, -0.2) is 19.8 Å². The van der Waals surface area contributed by atoms with Gasteiger partial charge in [-0.05, 0) is 65.7 Å². The molecule has 3 heterocycles. The number of aromatic nitrogens is 5. The Bertz CT molecular complexity index is 3490. The third-order valence-electron chi connectivity index (χ3n) is 11.4. The summed E-state index contributed by atoms with van der Waals surface area (Å²) in [4.78, 5) is 19.2. The smallest absolute Gasteiger partial charge is 0.309 e. The van der Waals surface area contributed by atoms with Crippen LogP contribution in [0.5, 0.6) is 0 Å². The van der Waals surface area contributed by atoms with Crippen LogP contribution in [-0.4, -0.2) is 24.1 Å². The lowest BCUT2D eigenvalue weighted by Gasteiger charge is -2.18. The van der Waals surface area contributed by atoms with Crippen LogP contribution in [0.3, 0.4) is 0 Å². The van der Waals surface area contributed by atoms with Gasteiger partial charge in [0.25, 0.3) is 0 Å². The molecule has 0 fully saturated rings. The van der Waals surface area contributed by atoms with Crippen LogP contribution in [0.25, 0.3) is 105 Å². The lowest BCUT2D eigenvalue weighted by Crippen LogP contribution is -2.09. The number of para-hydroxylation sites is 5. The fourth-order valence-electron chi connectivity index (χ4n) is 8.68. The molecule has 0 aliphatic rings. The van der Waals surface area contributed by atoms with E-state index >= 15 is 0 Å². The molecule has 9 heteroatoms. The highest BCUT2D eigenvalue weighted by Gasteiger charge is 2.32. The lowest BCUT2D eigenvalue weighted by molar-refractivity contribution is -0.137. The van der Waals surface area contributed by atoms with E-state index in [0.29, 0.717) is 22.5 Å². The predicted molar refractivity (Wildman–Crippen MR) is 242 cm³/mol. The average molecular weight is 809 g/mol. The Morgan fingerprint density at radius 2 is 0.839 bits per heavy atom. The van der Waals surface area contributed by atoms with Crippen molar-refractivity contribution < 1.29 is 13.2 Å². The second-order valence-electron chi connectivity index (χ2n) is 15.0. The highest BCUT2D eigenvalue weighted by molar-refractivity contribution is 6.11. The van der Waals surface area contributed by atoms with Crippen molar-refractivity contribution >= 4 is 49.3 Å². The number of halogens is 3. The van der Waals surface area contributed by atoms with Crippen molar-refractivity contribution in [1.29, 1.82) is 0 Å². The summed E-state index contributed by atoms with van der Waals surface area (Å²) in [5.41, 5.74) is 7.35. The Hall–Kier alpha value is -8.35. The van der Waals surface area contributed by atoms with Gasteiger partial charge in [0.1, 0.15) is 0 Å². The first-order valence-corrected chi connectivity index (χ1v) is 20.0. The molecule has 0 N–H and O–H groups in total. The van der Waals surface area contributed by atoms with Crippen molar-refractivity contribution in [3.63, 3.8) is 0 Å². The van der Waals surface area contributed by atoms with Crippen molar-refractivity contribution in [3.8, 4) is 56.7 Å². The molecule has 0 spiro atoms. The van der Waals surface area contributed by atoms with Gasteiger partial charge in [0.15, 0.2) is 23.2 Å². The zero-order chi connectivity index (χ0) is 42.0. The average Bonchev–Trinajstić information content (AvgIpc) is 3.84. The molecule has 0 radical (unpaired) electrons. The number of fused-ring (bicyclic) bond motifs is 6. The minimum Gasteiger partial charge on any atom is -0.309 e. The number of hydrogen-bond acceptors (Lipinski definition) is 3. The van der Waals surface area contributed by atoms with Crippen molar-refractivity contribution in [2.45, 2.75) is 6.18 Å². The van der Waals surface area contributed by atoms with Crippen molar-refractivity contribution in [1.82, 2.24) is 24.1 Å². The van der Waals surface area contributed by atoms with E-state index in [-0.39, 0.29) is 23.0 Å². The van der Waals surface area contributed by atoms with E-state index in [1.807, 2.05) is 144 Å². The van der Waals surface area contributed by atoms with Crippen LogP contribution in [0.15, 0.2) is 188 Å². The Kier molecular flexibility index (Phi) is 8.55. The molecule has 11 aromatic rings. The highest BCUT2D eigenvalue weighted by atomic mass is 19.4. The molecule has 0 unspecified atom stereocenters. The van der Waals surface area contributed by atoms with E-state index < -0.39 is 11.7 Å². The maximum Gasteiger partial charge on any atom is 0.416 e. The quantitative estimate of drug-likeness (QED) is 0.157. The summed E-state index contributed by atoms with van der Waals surface area (Å²) in [5.74, 6) is 0.603. The van der Waals surface area contributed by atoms with Crippen LogP contribution < -0.4 is 0 Å². The number of rotatable bonds is 6. The second-order valence-corrected chi connectivity index (χ2v) is 15.0. The van der Waals surface area contributed by atoms with E-state index in [0.717, 1.165) is 72.6 Å². The molecule has 294 valence electrons. The lowest BCUT2D eigenvalue weighted by atomic mass is 9.99. The second kappa shape index (κ2) is 14.4. The monoisotopic (exact) mass is 808 g/mol. The Morgan fingerprint density at radius 1 is 0.403 bits per heavy atom. The Balaban J connectivity index is 1.25. The number of hydrogen-bond donors (Lipinski definition) is 0. The van der Waals surface area contributed by atoms with E-state index in [2.05, 4.69) is 33.7 Å².